The minimum absolute atomic E-state index is 0.0398. The van der Waals surface area contributed by atoms with Crippen LogP contribution in [0.3, 0.4) is 0 Å². The summed E-state index contributed by atoms with van der Waals surface area (Å²) < 4.78 is 7.07. The van der Waals surface area contributed by atoms with Crippen molar-refractivity contribution in [1.82, 2.24) is 9.55 Å². The Morgan fingerprint density at radius 1 is 1.17 bits per heavy atom. The summed E-state index contributed by atoms with van der Waals surface area (Å²) in [6.07, 6.45) is 0.611. The molecule has 1 aromatic heterocycles. The SMILES string of the molecule is CCCCn1c(N)c(N(Cc2ccccc2)CC(O)COc2ccc(NC(C)=O)cc2)c(=O)[nH]c1=O. The number of ether oxygens (including phenoxy) is 1. The Morgan fingerprint density at radius 2 is 1.86 bits per heavy atom. The molecule has 1 heterocycles. The number of carbonyl (C=O) groups excluding carboxylic acids is 1. The summed E-state index contributed by atoms with van der Waals surface area (Å²) in [6.45, 7) is 4.10. The third-order valence-corrected chi connectivity index (χ3v) is 5.53. The van der Waals surface area contributed by atoms with Gasteiger partial charge in [0, 0.05) is 32.2 Å². The molecule has 192 valence electrons. The van der Waals surface area contributed by atoms with E-state index in [0.29, 0.717) is 24.5 Å². The van der Waals surface area contributed by atoms with Crippen LogP contribution in [0.4, 0.5) is 17.2 Å². The number of nitrogen functional groups attached to an aromatic ring is 1. The highest BCUT2D eigenvalue weighted by molar-refractivity contribution is 5.88. The molecule has 0 aliphatic carbocycles. The number of aliphatic hydroxyl groups excluding tert-OH is 1. The van der Waals surface area contributed by atoms with E-state index in [1.165, 1.54) is 11.5 Å². The average molecular weight is 496 g/mol. The largest absolute Gasteiger partial charge is 0.491 e. The molecule has 3 rings (SSSR count). The van der Waals surface area contributed by atoms with Crippen molar-refractivity contribution in [3.05, 3.63) is 81.0 Å². The van der Waals surface area contributed by atoms with E-state index in [1.54, 1.807) is 29.2 Å². The summed E-state index contributed by atoms with van der Waals surface area (Å²) in [5, 5.41) is 13.5. The second-order valence-electron chi connectivity index (χ2n) is 8.53. The first-order valence-corrected chi connectivity index (χ1v) is 11.9. The fraction of sp³-hybridized carbons (Fsp3) is 0.346. The van der Waals surface area contributed by atoms with E-state index >= 15 is 0 Å². The van der Waals surface area contributed by atoms with Crippen molar-refractivity contribution in [2.24, 2.45) is 0 Å². The minimum atomic E-state index is -0.974. The van der Waals surface area contributed by atoms with Crippen LogP contribution < -0.4 is 31.9 Å². The second kappa shape index (κ2) is 12.6. The third-order valence-electron chi connectivity index (χ3n) is 5.53. The topological polar surface area (TPSA) is 143 Å². The van der Waals surface area contributed by atoms with Crippen LogP contribution in [-0.2, 0) is 17.9 Å². The first kappa shape index (κ1) is 26.6. The number of benzene rings is 2. The van der Waals surface area contributed by atoms with Gasteiger partial charge in [-0.3, -0.25) is 19.1 Å². The molecule has 10 nitrogen and oxygen atoms in total. The summed E-state index contributed by atoms with van der Waals surface area (Å²) in [6, 6.07) is 16.2. The van der Waals surface area contributed by atoms with Crippen molar-refractivity contribution >= 4 is 23.1 Å². The monoisotopic (exact) mass is 495 g/mol. The lowest BCUT2D eigenvalue weighted by Gasteiger charge is -2.28. The molecule has 1 amide bonds. The van der Waals surface area contributed by atoms with Crippen LogP contribution in [0.15, 0.2) is 64.2 Å². The average Bonchev–Trinajstić information content (AvgIpc) is 2.83. The van der Waals surface area contributed by atoms with Gasteiger partial charge < -0.3 is 25.8 Å². The van der Waals surface area contributed by atoms with Gasteiger partial charge in [0.1, 0.15) is 30.0 Å². The smallest absolute Gasteiger partial charge is 0.330 e. The van der Waals surface area contributed by atoms with E-state index in [2.05, 4.69) is 10.3 Å². The maximum Gasteiger partial charge on any atom is 0.330 e. The van der Waals surface area contributed by atoms with Crippen molar-refractivity contribution in [2.75, 3.05) is 29.1 Å². The molecule has 0 aliphatic rings. The molecule has 3 aromatic rings. The number of aromatic amines is 1. The van der Waals surface area contributed by atoms with E-state index in [1.807, 2.05) is 37.3 Å². The van der Waals surface area contributed by atoms with E-state index in [4.69, 9.17) is 10.5 Å². The van der Waals surface area contributed by atoms with Crippen molar-refractivity contribution in [1.29, 1.82) is 0 Å². The van der Waals surface area contributed by atoms with Crippen molar-refractivity contribution < 1.29 is 14.6 Å². The Bertz CT molecular complexity index is 1250. The fourth-order valence-corrected chi connectivity index (χ4v) is 3.80. The van der Waals surface area contributed by atoms with Gasteiger partial charge in [-0.15, -0.1) is 0 Å². The zero-order valence-electron chi connectivity index (χ0n) is 20.6. The molecule has 1 atom stereocenters. The number of anilines is 3. The molecule has 0 aliphatic heterocycles. The zero-order chi connectivity index (χ0) is 26.1. The van der Waals surface area contributed by atoms with E-state index in [9.17, 15) is 19.5 Å². The van der Waals surface area contributed by atoms with Crippen LogP contribution in [0.25, 0.3) is 0 Å². The molecule has 0 fully saturated rings. The number of aromatic nitrogens is 2. The Labute approximate surface area is 209 Å². The standard InChI is InChI=1S/C26H33N5O5/c1-3-4-14-31-24(27)23(25(34)29-26(31)35)30(15-19-8-6-5-7-9-19)16-21(33)17-36-22-12-10-20(11-13-22)28-18(2)32/h5-13,21,33H,3-4,14-17,27H2,1-2H3,(H,28,32)(H,29,34,35). The molecule has 0 spiro atoms. The fourth-order valence-electron chi connectivity index (χ4n) is 3.80. The lowest BCUT2D eigenvalue weighted by Crippen LogP contribution is -2.42. The van der Waals surface area contributed by atoms with Gasteiger partial charge in [-0.25, -0.2) is 4.79 Å². The Hall–Kier alpha value is -4.05. The van der Waals surface area contributed by atoms with Crippen molar-refractivity contribution in [3.63, 3.8) is 0 Å². The van der Waals surface area contributed by atoms with E-state index in [0.717, 1.165) is 18.4 Å². The summed E-state index contributed by atoms with van der Waals surface area (Å²) in [5.41, 5.74) is 6.84. The van der Waals surface area contributed by atoms with Gasteiger partial charge in [0.05, 0.1) is 0 Å². The molecule has 36 heavy (non-hydrogen) atoms. The normalized spacial score (nSPS) is 11.6. The predicted octanol–water partition coefficient (Wildman–Crippen LogP) is 2.32. The summed E-state index contributed by atoms with van der Waals surface area (Å²) >= 11 is 0. The second-order valence-corrected chi connectivity index (χ2v) is 8.53. The molecule has 0 saturated carbocycles. The Kier molecular flexibility index (Phi) is 9.29. The van der Waals surface area contributed by atoms with Gasteiger partial charge in [-0.05, 0) is 36.2 Å². The number of aliphatic hydroxyl groups is 1. The quantitative estimate of drug-likeness (QED) is 0.302. The van der Waals surface area contributed by atoms with Crippen LogP contribution in [0.1, 0.15) is 32.3 Å². The van der Waals surface area contributed by atoms with Gasteiger partial charge in [0.15, 0.2) is 0 Å². The lowest BCUT2D eigenvalue weighted by molar-refractivity contribution is -0.114. The minimum Gasteiger partial charge on any atom is -0.491 e. The van der Waals surface area contributed by atoms with Gasteiger partial charge in [-0.2, -0.15) is 0 Å². The number of nitrogens with zero attached hydrogens (tertiary/aromatic N) is 2. The maximum atomic E-state index is 12.9. The van der Waals surface area contributed by atoms with E-state index < -0.39 is 17.4 Å². The number of hydrogen-bond donors (Lipinski definition) is 4. The number of nitrogens with one attached hydrogen (secondary N) is 2. The Balaban J connectivity index is 1.81. The molecule has 5 N–H and O–H groups in total. The highest BCUT2D eigenvalue weighted by atomic mass is 16.5. The van der Waals surface area contributed by atoms with Crippen LogP contribution in [0, 0.1) is 0 Å². The number of hydrogen-bond acceptors (Lipinski definition) is 7. The van der Waals surface area contributed by atoms with Gasteiger partial charge in [-0.1, -0.05) is 43.7 Å². The number of carbonyl (C=O) groups is 1. The van der Waals surface area contributed by atoms with Crippen LogP contribution in [0.2, 0.25) is 0 Å². The van der Waals surface area contributed by atoms with Crippen LogP contribution in [-0.4, -0.2) is 39.8 Å². The van der Waals surface area contributed by atoms with Crippen molar-refractivity contribution in [2.45, 2.75) is 45.9 Å². The number of unbranched alkanes of at least 4 members (excludes halogenated alkanes) is 1. The summed E-state index contributed by atoms with van der Waals surface area (Å²) in [4.78, 5) is 40.4. The summed E-state index contributed by atoms with van der Waals surface area (Å²) in [5.74, 6) is 0.408. The van der Waals surface area contributed by atoms with E-state index in [-0.39, 0.29) is 30.6 Å². The van der Waals surface area contributed by atoms with Crippen LogP contribution >= 0.6 is 0 Å². The molecule has 10 heteroatoms. The number of amides is 1. The maximum absolute atomic E-state index is 12.9. The first-order chi connectivity index (χ1) is 17.3. The van der Waals surface area contributed by atoms with Gasteiger partial charge >= 0.3 is 5.69 Å². The Morgan fingerprint density at radius 3 is 2.50 bits per heavy atom. The molecule has 0 radical (unpaired) electrons. The molecular formula is C26H33N5O5. The van der Waals surface area contributed by atoms with Crippen molar-refractivity contribution in [3.8, 4) is 5.75 Å². The number of rotatable bonds is 12. The molecule has 0 bridgehead atoms. The lowest BCUT2D eigenvalue weighted by atomic mass is 10.2. The summed E-state index contributed by atoms with van der Waals surface area (Å²) in [7, 11) is 0. The van der Waals surface area contributed by atoms with Gasteiger partial charge in [0.2, 0.25) is 5.91 Å². The van der Waals surface area contributed by atoms with Gasteiger partial charge in [0.25, 0.3) is 5.56 Å². The number of nitrogens with two attached hydrogens (primary N) is 1. The highest BCUT2D eigenvalue weighted by Crippen LogP contribution is 2.21. The number of H-pyrrole nitrogens is 1. The van der Waals surface area contributed by atoms with Crippen LogP contribution in [0.5, 0.6) is 5.75 Å². The molecule has 1 unspecified atom stereocenters. The molecule has 2 aromatic carbocycles. The molecular weight excluding hydrogens is 462 g/mol. The third kappa shape index (κ3) is 7.22. The molecule has 0 saturated heterocycles. The predicted molar refractivity (Wildman–Crippen MR) is 140 cm³/mol. The highest BCUT2D eigenvalue weighted by Gasteiger charge is 2.22. The first-order valence-electron chi connectivity index (χ1n) is 11.9. The zero-order valence-corrected chi connectivity index (χ0v) is 20.6.